The fourth-order valence-electron chi connectivity index (χ4n) is 2.26. The maximum atomic E-state index is 2.36. The van der Waals surface area contributed by atoms with Gasteiger partial charge in [0.1, 0.15) is 0 Å². The second-order valence-corrected chi connectivity index (χ2v) is 4.16. The Balaban J connectivity index is 2.96. The summed E-state index contributed by atoms with van der Waals surface area (Å²) in [6, 6.07) is 0. The van der Waals surface area contributed by atoms with Gasteiger partial charge in [-0.25, -0.2) is 0 Å². The number of hydrogen-bond acceptors (Lipinski definition) is 1. The van der Waals surface area contributed by atoms with Gasteiger partial charge in [-0.15, -0.1) is 0 Å². The van der Waals surface area contributed by atoms with Crippen molar-refractivity contribution in [2.24, 2.45) is 5.41 Å². The van der Waals surface area contributed by atoms with Crippen LogP contribution >= 0.6 is 0 Å². The highest BCUT2D eigenvalue weighted by Gasteiger charge is 2.32. The van der Waals surface area contributed by atoms with Crippen LogP contribution in [0.25, 0.3) is 0 Å². The molecule has 1 heterocycles. The smallest absolute Gasteiger partial charge is 0.0260 e. The van der Waals surface area contributed by atoms with E-state index >= 15 is 0 Å². The molecule has 1 heteroatoms. The van der Waals surface area contributed by atoms with Crippen LogP contribution in [0.4, 0.5) is 0 Å². The lowest BCUT2D eigenvalue weighted by molar-refractivity contribution is 0.340. The molecule has 1 rings (SSSR count). The standard InChI is InChI=1S/C10H19N/c1-6-9-8(2)11(5)7-10(9,3)4/h6-7H2,1-5H3. The van der Waals surface area contributed by atoms with Crippen molar-refractivity contribution in [3.63, 3.8) is 0 Å². The summed E-state index contributed by atoms with van der Waals surface area (Å²) < 4.78 is 0. The van der Waals surface area contributed by atoms with Crippen molar-refractivity contribution in [2.45, 2.75) is 34.1 Å². The van der Waals surface area contributed by atoms with E-state index in [9.17, 15) is 0 Å². The quantitative estimate of drug-likeness (QED) is 0.560. The van der Waals surface area contributed by atoms with Crippen LogP contribution in [0.5, 0.6) is 0 Å². The normalized spacial score (nSPS) is 23.2. The Kier molecular flexibility index (Phi) is 2.00. The molecule has 0 aromatic heterocycles. The zero-order valence-corrected chi connectivity index (χ0v) is 8.36. The lowest BCUT2D eigenvalue weighted by Crippen LogP contribution is -2.21. The highest BCUT2D eigenvalue weighted by Crippen LogP contribution is 2.38. The zero-order valence-electron chi connectivity index (χ0n) is 8.36. The Morgan fingerprint density at radius 1 is 1.45 bits per heavy atom. The molecule has 0 amide bonds. The van der Waals surface area contributed by atoms with Crippen molar-refractivity contribution in [3.05, 3.63) is 11.3 Å². The molecule has 0 radical (unpaired) electrons. The molecule has 0 saturated carbocycles. The molecule has 0 N–H and O–H groups in total. The van der Waals surface area contributed by atoms with E-state index < -0.39 is 0 Å². The highest BCUT2D eigenvalue weighted by atomic mass is 15.1. The molecule has 11 heavy (non-hydrogen) atoms. The Hall–Kier alpha value is -0.460. The van der Waals surface area contributed by atoms with E-state index in [2.05, 4.69) is 39.6 Å². The topological polar surface area (TPSA) is 3.24 Å². The van der Waals surface area contributed by atoms with Gasteiger partial charge in [-0.05, 0) is 18.9 Å². The van der Waals surface area contributed by atoms with E-state index in [-0.39, 0.29) is 0 Å². The van der Waals surface area contributed by atoms with Crippen LogP contribution in [0.15, 0.2) is 11.3 Å². The van der Waals surface area contributed by atoms with Gasteiger partial charge in [0.25, 0.3) is 0 Å². The minimum Gasteiger partial charge on any atom is -0.377 e. The van der Waals surface area contributed by atoms with Gasteiger partial charge in [0.2, 0.25) is 0 Å². The first kappa shape index (κ1) is 8.63. The third kappa shape index (κ3) is 1.29. The van der Waals surface area contributed by atoms with E-state index in [1.165, 1.54) is 18.7 Å². The molecular weight excluding hydrogens is 134 g/mol. The molecule has 0 atom stereocenters. The molecule has 0 aliphatic carbocycles. The maximum Gasteiger partial charge on any atom is 0.0260 e. The first-order chi connectivity index (χ1) is 4.99. The first-order valence-corrected chi connectivity index (χ1v) is 4.40. The van der Waals surface area contributed by atoms with Crippen molar-refractivity contribution >= 4 is 0 Å². The second-order valence-electron chi connectivity index (χ2n) is 4.16. The van der Waals surface area contributed by atoms with Crippen LogP contribution in [-0.2, 0) is 0 Å². The Morgan fingerprint density at radius 2 is 2.00 bits per heavy atom. The molecule has 1 aliphatic rings. The van der Waals surface area contributed by atoms with Crippen LogP contribution in [0.1, 0.15) is 34.1 Å². The molecule has 0 saturated heterocycles. The van der Waals surface area contributed by atoms with Gasteiger partial charge in [0, 0.05) is 24.7 Å². The maximum absolute atomic E-state index is 2.36. The van der Waals surface area contributed by atoms with E-state index in [0.29, 0.717) is 5.41 Å². The van der Waals surface area contributed by atoms with Gasteiger partial charge >= 0.3 is 0 Å². The van der Waals surface area contributed by atoms with E-state index in [1.54, 1.807) is 5.57 Å². The van der Waals surface area contributed by atoms with E-state index in [0.717, 1.165) is 0 Å². The van der Waals surface area contributed by atoms with E-state index in [1.807, 2.05) is 0 Å². The van der Waals surface area contributed by atoms with Gasteiger partial charge in [0.05, 0.1) is 0 Å². The lowest BCUT2D eigenvalue weighted by Gasteiger charge is -2.21. The average molecular weight is 153 g/mol. The van der Waals surface area contributed by atoms with Crippen LogP contribution in [-0.4, -0.2) is 18.5 Å². The second kappa shape index (κ2) is 2.54. The summed E-state index contributed by atoms with van der Waals surface area (Å²) in [6.45, 7) is 10.3. The van der Waals surface area contributed by atoms with Gasteiger partial charge in [-0.3, -0.25) is 0 Å². The van der Waals surface area contributed by atoms with Crippen LogP contribution in [0, 0.1) is 5.41 Å². The Morgan fingerprint density at radius 3 is 2.18 bits per heavy atom. The van der Waals surface area contributed by atoms with Gasteiger partial charge in [-0.2, -0.15) is 0 Å². The van der Waals surface area contributed by atoms with Gasteiger partial charge in [0.15, 0.2) is 0 Å². The third-order valence-electron chi connectivity index (χ3n) is 2.81. The average Bonchev–Trinajstić information content (AvgIpc) is 2.03. The molecule has 0 bridgehead atoms. The van der Waals surface area contributed by atoms with Crippen molar-refractivity contribution in [2.75, 3.05) is 13.6 Å². The number of nitrogens with zero attached hydrogens (tertiary/aromatic N) is 1. The minimum absolute atomic E-state index is 0.410. The van der Waals surface area contributed by atoms with E-state index in [4.69, 9.17) is 0 Å². The molecule has 0 aromatic rings. The lowest BCUT2D eigenvalue weighted by atomic mass is 9.84. The molecule has 0 unspecified atom stereocenters. The van der Waals surface area contributed by atoms with Crippen LogP contribution in [0.2, 0.25) is 0 Å². The summed E-state index contributed by atoms with van der Waals surface area (Å²) in [4.78, 5) is 2.36. The van der Waals surface area contributed by atoms with Crippen molar-refractivity contribution in [1.29, 1.82) is 0 Å². The Labute approximate surface area is 70.1 Å². The van der Waals surface area contributed by atoms with Gasteiger partial charge in [-0.1, -0.05) is 20.8 Å². The summed E-state index contributed by atoms with van der Waals surface area (Å²) in [6.07, 6.45) is 1.20. The predicted octanol–water partition coefficient (Wildman–Crippen LogP) is 2.64. The first-order valence-electron chi connectivity index (χ1n) is 4.40. The number of rotatable bonds is 1. The summed E-state index contributed by atoms with van der Waals surface area (Å²) in [5.74, 6) is 0. The fourth-order valence-corrected chi connectivity index (χ4v) is 2.26. The Bertz CT molecular complexity index is 189. The van der Waals surface area contributed by atoms with Crippen LogP contribution < -0.4 is 0 Å². The summed E-state index contributed by atoms with van der Waals surface area (Å²) in [5, 5.41) is 0. The van der Waals surface area contributed by atoms with Crippen molar-refractivity contribution in [1.82, 2.24) is 4.90 Å². The highest BCUT2D eigenvalue weighted by molar-refractivity contribution is 5.24. The molecular formula is C10H19N. The fraction of sp³-hybridized carbons (Fsp3) is 0.800. The van der Waals surface area contributed by atoms with Crippen LogP contribution in [0.3, 0.4) is 0 Å². The molecule has 0 spiro atoms. The number of allylic oxidation sites excluding steroid dienone is 1. The monoisotopic (exact) mass is 153 g/mol. The molecule has 1 nitrogen and oxygen atoms in total. The number of hydrogen-bond donors (Lipinski definition) is 0. The van der Waals surface area contributed by atoms with Crippen molar-refractivity contribution < 1.29 is 0 Å². The molecule has 0 aromatic carbocycles. The van der Waals surface area contributed by atoms with Gasteiger partial charge < -0.3 is 4.90 Å². The molecule has 0 fully saturated rings. The molecule has 1 aliphatic heterocycles. The SMILES string of the molecule is CCC1=C(C)N(C)CC1(C)C. The zero-order chi connectivity index (χ0) is 8.65. The largest absolute Gasteiger partial charge is 0.377 e. The van der Waals surface area contributed by atoms with Crippen molar-refractivity contribution in [3.8, 4) is 0 Å². The summed E-state index contributed by atoms with van der Waals surface area (Å²) >= 11 is 0. The molecule has 64 valence electrons. The summed E-state index contributed by atoms with van der Waals surface area (Å²) in [7, 11) is 2.18. The summed E-state index contributed by atoms with van der Waals surface area (Å²) in [5.41, 5.74) is 3.52. The predicted molar refractivity (Wildman–Crippen MR) is 49.4 cm³/mol. The third-order valence-corrected chi connectivity index (χ3v) is 2.81. The minimum atomic E-state index is 0.410.